The zero-order valence-electron chi connectivity index (χ0n) is 33.5. The minimum Gasteiger partial charge on any atom is -0.309 e. The molecule has 288 valence electrons. The van der Waals surface area contributed by atoms with Crippen LogP contribution >= 0.6 is 11.3 Å². The summed E-state index contributed by atoms with van der Waals surface area (Å²) >= 11 is 1.87. The Bertz CT molecular complexity index is 3190. The molecule has 0 bridgehead atoms. The lowest BCUT2D eigenvalue weighted by atomic mass is 9.97. The van der Waals surface area contributed by atoms with Gasteiger partial charge >= 0.3 is 0 Å². The maximum absolute atomic E-state index is 2.78. The molecule has 3 heteroatoms. The molecular weight excluding hydrogens is 771 g/mol. The van der Waals surface area contributed by atoms with Crippen LogP contribution in [0.1, 0.15) is 0 Å². The van der Waals surface area contributed by atoms with Gasteiger partial charge in [0.1, 0.15) is 0 Å². The summed E-state index contributed by atoms with van der Waals surface area (Å²) in [5, 5.41) is 10.5. The Balaban J connectivity index is 1.08. The molecule has 1 nitrogen and oxygen atoms in total. The Morgan fingerprint density at radius 3 is 1.39 bits per heavy atom. The Kier molecular flexibility index (Phi) is 9.46. The van der Waals surface area contributed by atoms with Crippen LogP contribution in [0, 0.1) is 0 Å². The highest BCUT2D eigenvalue weighted by atomic mass is 32.1. The number of nitrogens with zero attached hydrogens (tertiary/aromatic N) is 1. The monoisotopic (exact) mass is 811 g/mol. The fourth-order valence-electron chi connectivity index (χ4n) is 9.32. The van der Waals surface area contributed by atoms with Crippen molar-refractivity contribution in [1.29, 1.82) is 0 Å². The Morgan fingerprint density at radius 2 is 0.787 bits per heavy atom. The van der Waals surface area contributed by atoms with Gasteiger partial charge in [0.15, 0.2) is 8.07 Å². The number of fused-ring (bicyclic) bond motifs is 4. The highest BCUT2D eigenvalue weighted by Gasteiger charge is 2.41. The molecule has 0 N–H and O–H groups in total. The van der Waals surface area contributed by atoms with Crippen molar-refractivity contribution < 1.29 is 0 Å². The van der Waals surface area contributed by atoms with Crippen LogP contribution in [-0.2, 0) is 0 Å². The average molecular weight is 812 g/mol. The van der Waals surface area contributed by atoms with Crippen molar-refractivity contribution in [1.82, 2.24) is 0 Å². The lowest BCUT2D eigenvalue weighted by Gasteiger charge is -2.35. The summed E-state index contributed by atoms with van der Waals surface area (Å²) in [6.45, 7) is 0. The molecule has 0 fully saturated rings. The van der Waals surface area contributed by atoms with E-state index in [1.54, 1.807) is 0 Å². The molecule has 0 spiro atoms. The SMILES string of the molecule is c1ccc(-c2ccc3cc(-c4ccc(N(c5cccc([Si](c6ccccc6)(c6ccccc6)c6ccccc6)c5)c5cccc6c5sc5ccccc56)cc4)ccc3c2)cc1. The van der Waals surface area contributed by atoms with E-state index in [0.717, 1.165) is 11.4 Å². The molecule has 0 saturated carbocycles. The molecule has 0 unspecified atom stereocenters. The summed E-state index contributed by atoms with van der Waals surface area (Å²) in [4.78, 5) is 2.48. The van der Waals surface area contributed by atoms with E-state index >= 15 is 0 Å². The molecule has 0 aliphatic rings. The van der Waals surface area contributed by atoms with Crippen LogP contribution in [0.4, 0.5) is 17.1 Å². The molecule has 0 radical (unpaired) electrons. The van der Waals surface area contributed by atoms with Gasteiger partial charge in [-0.15, -0.1) is 11.3 Å². The Morgan fingerprint density at radius 1 is 0.311 bits per heavy atom. The van der Waals surface area contributed by atoms with Crippen molar-refractivity contribution in [3.63, 3.8) is 0 Å². The third-order valence-corrected chi connectivity index (χ3v) is 18.2. The number of thiophene rings is 1. The topological polar surface area (TPSA) is 3.24 Å². The second-order valence-corrected chi connectivity index (χ2v) is 20.5. The smallest absolute Gasteiger partial charge is 0.179 e. The first-order valence-corrected chi connectivity index (χ1v) is 23.7. The van der Waals surface area contributed by atoms with Gasteiger partial charge in [-0.2, -0.15) is 0 Å². The van der Waals surface area contributed by atoms with E-state index < -0.39 is 8.07 Å². The van der Waals surface area contributed by atoms with Crippen molar-refractivity contribution in [2.75, 3.05) is 4.90 Å². The van der Waals surface area contributed by atoms with Gasteiger partial charge in [0.25, 0.3) is 0 Å². The second-order valence-electron chi connectivity index (χ2n) is 15.7. The highest BCUT2D eigenvalue weighted by Crippen LogP contribution is 2.45. The van der Waals surface area contributed by atoms with Crippen LogP contribution in [0.15, 0.2) is 249 Å². The molecule has 10 aromatic carbocycles. The van der Waals surface area contributed by atoms with Crippen LogP contribution in [0.3, 0.4) is 0 Å². The third-order valence-electron chi connectivity index (χ3n) is 12.2. The lowest BCUT2D eigenvalue weighted by Crippen LogP contribution is -2.74. The van der Waals surface area contributed by atoms with Crippen molar-refractivity contribution in [2.24, 2.45) is 0 Å². The van der Waals surface area contributed by atoms with Gasteiger partial charge in [-0.3, -0.25) is 0 Å². The maximum atomic E-state index is 2.48. The predicted octanol–water partition coefficient (Wildman–Crippen LogP) is 13.4. The highest BCUT2D eigenvalue weighted by molar-refractivity contribution is 7.26. The van der Waals surface area contributed by atoms with E-state index in [0.29, 0.717) is 0 Å². The zero-order chi connectivity index (χ0) is 40.6. The summed E-state index contributed by atoms with van der Waals surface area (Å²) in [5.41, 5.74) is 8.29. The van der Waals surface area contributed by atoms with Crippen molar-refractivity contribution in [3.05, 3.63) is 249 Å². The van der Waals surface area contributed by atoms with E-state index in [1.807, 2.05) is 11.3 Å². The second kappa shape index (κ2) is 15.7. The van der Waals surface area contributed by atoms with Gasteiger partial charge in [0.2, 0.25) is 0 Å². The Hall–Kier alpha value is -7.30. The first kappa shape index (κ1) is 36.8. The number of rotatable bonds is 9. The fourth-order valence-corrected chi connectivity index (χ4v) is 15.3. The minimum absolute atomic E-state index is 1.12. The van der Waals surface area contributed by atoms with Gasteiger partial charge < -0.3 is 4.90 Å². The average Bonchev–Trinajstić information content (AvgIpc) is 3.73. The first-order chi connectivity index (χ1) is 30.2. The molecule has 0 aliphatic carbocycles. The lowest BCUT2D eigenvalue weighted by molar-refractivity contribution is 1.30. The number of anilines is 3. The molecule has 11 aromatic rings. The fraction of sp³-hybridized carbons (Fsp3) is 0. The quantitative estimate of drug-likeness (QED) is 0.104. The van der Waals surface area contributed by atoms with Gasteiger partial charge in [0.05, 0.1) is 10.4 Å². The third kappa shape index (κ3) is 6.56. The molecule has 0 atom stereocenters. The van der Waals surface area contributed by atoms with E-state index in [-0.39, 0.29) is 0 Å². The van der Waals surface area contributed by atoms with E-state index in [1.165, 1.54) is 79.6 Å². The minimum atomic E-state index is -2.78. The maximum Gasteiger partial charge on any atom is 0.179 e. The molecule has 61 heavy (non-hydrogen) atoms. The van der Waals surface area contributed by atoms with Gasteiger partial charge in [0, 0.05) is 26.8 Å². The summed E-state index contributed by atoms with van der Waals surface area (Å²) in [5.74, 6) is 0. The normalized spacial score (nSPS) is 11.6. The summed E-state index contributed by atoms with van der Waals surface area (Å²) in [6, 6.07) is 91.9. The van der Waals surface area contributed by atoms with Crippen LogP contribution in [0.2, 0.25) is 0 Å². The molecular formula is C58H41NSSi. The molecule has 1 heterocycles. The largest absolute Gasteiger partial charge is 0.309 e. The molecule has 11 rings (SSSR count). The van der Waals surface area contributed by atoms with Crippen LogP contribution in [0.5, 0.6) is 0 Å². The van der Waals surface area contributed by atoms with Crippen LogP contribution < -0.4 is 25.6 Å². The van der Waals surface area contributed by atoms with E-state index in [2.05, 4.69) is 254 Å². The molecule has 1 aromatic heterocycles. The number of hydrogen-bond donors (Lipinski definition) is 0. The predicted molar refractivity (Wildman–Crippen MR) is 266 cm³/mol. The molecule has 0 aliphatic heterocycles. The van der Waals surface area contributed by atoms with E-state index in [4.69, 9.17) is 0 Å². The number of hydrogen-bond acceptors (Lipinski definition) is 2. The van der Waals surface area contributed by atoms with Gasteiger partial charge in [-0.1, -0.05) is 200 Å². The Labute approximate surface area is 362 Å². The van der Waals surface area contributed by atoms with Crippen molar-refractivity contribution in [3.8, 4) is 22.3 Å². The first-order valence-electron chi connectivity index (χ1n) is 20.9. The van der Waals surface area contributed by atoms with Crippen molar-refractivity contribution >= 4 is 88.2 Å². The summed E-state index contributed by atoms with van der Waals surface area (Å²) in [7, 11) is -2.78. The van der Waals surface area contributed by atoms with Crippen LogP contribution in [0.25, 0.3) is 53.2 Å². The van der Waals surface area contributed by atoms with Gasteiger partial charge in [-0.25, -0.2) is 0 Å². The molecule has 0 saturated heterocycles. The summed E-state index contributed by atoms with van der Waals surface area (Å²) < 4.78 is 2.57. The summed E-state index contributed by atoms with van der Waals surface area (Å²) in [6.07, 6.45) is 0. The standard InChI is InChI=1S/C58H41NSSi/c1-5-17-42(18-6-1)44-31-33-47-40-45(32-34-46(47)39-44)43-35-37-48(38-36-43)59(56-29-16-28-55-54-27-13-14-30-57(54)60-58(55)56)49-19-15-26-53(41-49)61(50-20-7-2-8-21-50,51-22-9-3-10-23-51)52-24-11-4-12-25-52/h1-41H. The van der Waals surface area contributed by atoms with E-state index in [9.17, 15) is 0 Å². The van der Waals surface area contributed by atoms with Gasteiger partial charge in [-0.05, 0) is 102 Å². The zero-order valence-corrected chi connectivity index (χ0v) is 35.3. The van der Waals surface area contributed by atoms with Crippen LogP contribution in [-0.4, -0.2) is 8.07 Å². The van der Waals surface area contributed by atoms with Crippen molar-refractivity contribution in [2.45, 2.75) is 0 Å². The molecule has 0 amide bonds. The number of benzene rings is 10.